The summed E-state index contributed by atoms with van der Waals surface area (Å²) < 4.78 is 43.9. The maximum Gasteiger partial charge on any atom is 0.266 e. The Morgan fingerprint density at radius 2 is 1.90 bits per heavy atom. The Kier molecular flexibility index (Phi) is 5.82. The number of nitriles is 1. The van der Waals surface area contributed by atoms with Crippen molar-refractivity contribution in [3.05, 3.63) is 53.4 Å². The summed E-state index contributed by atoms with van der Waals surface area (Å²) in [6.07, 6.45) is 0. The van der Waals surface area contributed by atoms with Crippen LogP contribution in [0.1, 0.15) is 30.0 Å². The summed E-state index contributed by atoms with van der Waals surface area (Å²) in [5.41, 5.74) is 1.07. The van der Waals surface area contributed by atoms with Gasteiger partial charge in [0.25, 0.3) is 5.89 Å². The first-order valence-corrected chi connectivity index (χ1v) is 11.2. The molecule has 1 aromatic carbocycles. The second-order valence-electron chi connectivity index (χ2n) is 7.13. The van der Waals surface area contributed by atoms with Crippen LogP contribution in [0.4, 0.5) is 5.88 Å². The molecule has 4 rings (SSSR count). The number of furan rings is 1. The number of aryl methyl sites for hydroxylation is 1. The molecular weight excluding hydrogens is 420 g/mol. The van der Waals surface area contributed by atoms with Crippen molar-refractivity contribution in [2.45, 2.75) is 24.8 Å². The molecule has 162 valence electrons. The van der Waals surface area contributed by atoms with Crippen molar-refractivity contribution in [2.24, 2.45) is 0 Å². The van der Waals surface area contributed by atoms with Crippen molar-refractivity contribution < 1.29 is 22.0 Å². The molecule has 0 aliphatic carbocycles. The summed E-state index contributed by atoms with van der Waals surface area (Å²) in [6, 6.07) is 12.9. The minimum absolute atomic E-state index is 0.0332. The smallest absolute Gasteiger partial charge is 0.266 e. The maximum atomic E-state index is 13.0. The Bertz CT molecular complexity index is 1200. The van der Waals surface area contributed by atoms with Crippen LogP contribution in [0.3, 0.4) is 0 Å². The highest BCUT2D eigenvalue weighted by Gasteiger charge is 2.31. The molecule has 0 amide bonds. The number of rotatable bonds is 6. The number of nitrogens with one attached hydrogen (secondary N) is 1. The molecule has 1 saturated heterocycles. The molecule has 1 aliphatic rings. The fourth-order valence-corrected chi connectivity index (χ4v) is 4.94. The molecule has 2 aromatic heterocycles. The molecular formula is C21H22N4O5S. The summed E-state index contributed by atoms with van der Waals surface area (Å²) in [7, 11) is -3.73. The third kappa shape index (κ3) is 4.20. The van der Waals surface area contributed by atoms with Crippen LogP contribution in [0.25, 0.3) is 11.7 Å². The van der Waals surface area contributed by atoms with E-state index >= 15 is 0 Å². The lowest BCUT2D eigenvalue weighted by molar-refractivity contribution is 0.0730. The number of anilines is 1. The van der Waals surface area contributed by atoms with Crippen molar-refractivity contribution in [3.8, 4) is 17.7 Å². The molecule has 0 spiro atoms. The zero-order valence-corrected chi connectivity index (χ0v) is 18.0. The maximum absolute atomic E-state index is 13.0. The van der Waals surface area contributed by atoms with Crippen molar-refractivity contribution in [3.63, 3.8) is 0 Å². The molecule has 1 atom stereocenters. The van der Waals surface area contributed by atoms with Gasteiger partial charge < -0.3 is 18.9 Å². The molecule has 1 N–H and O–H groups in total. The first-order chi connectivity index (χ1) is 14.9. The van der Waals surface area contributed by atoms with E-state index in [1.165, 1.54) is 10.4 Å². The van der Waals surface area contributed by atoms with Crippen LogP contribution in [0.2, 0.25) is 0 Å². The van der Waals surface area contributed by atoms with Crippen molar-refractivity contribution >= 4 is 15.9 Å². The van der Waals surface area contributed by atoms with Crippen molar-refractivity contribution in [2.75, 3.05) is 31.6 Å². The number of benzene rings is 1. The van der Waals surface area contributed by atoms with E-state index < -0.39 is 10.0 Å². The molecule has 3 heterocycles. The fraction of sp³-hybridized carbons (Fsp3) is 0.333. The quantitative estimate of drug-likeness (QED) is 0.617. The Morgan fingerprint density at radius 3 is 2.58 bits per heavy atom. The van der Waals surface area contributed by atoms with Gasteiger partial charge in [-0.1, -0.05) is 30.3 Å². The first-order valence-electron chi connectivity index (χ1n) is 9.81. The predicted octanol–water partition coefficient (Wildman–Crippen LogP) is 3.31. The molecule has 0 saturated carbocycles. The number of hydrogen-bond donors (Lipinski definition) is 1. The molecule has 1 aliphatic heterocycles. The lowest BCUT2D eigenvalue weighted by Gasteiger charge is -2.25. The lowest BCUT2D eigenvalue weighted by Crippen LogP contribution is -2.40. The Labute approximate surface area is 180 Å². The third-order valence-electron chi connectivity index (χ3n) is 5.05. The highest BCUT2D eigenvalue weighted by molar-refractivity contribution is 7.89. The summed E-state index contributed by atoms with van der Waals surface area (Å²) >= 11 is 0. The molecule has 0 bridgehead atoms. The van der Waals surface area contributed by atoms with Gasteiger partial charge in [-0.2, -0.15) is 14.6 Å². The largest absolute Gasteiger partial charge is 0.455 e. The van der Waals surface area contributed by atoms with Crippen LogP contribution in [-0.2, 0) is 14.8 Å². The van der Waals surface area contributed by atoms with Gasteiger partial charge >= 0.3 is 0 Å². The highest BCUT2D eigenvalue weighted by atomic mass is 32.2. The summed E-state index contributed by atoms with van der Waals surface area (Å²) in [5, 5.41) is 12.6. The van der Waals surface area contributed by atoms with Crippen LogP contribution in [-0.4, -0.2) is 44.0 Å². The van der Waals surface area contributed by atoms with Gasteiger partial charge in [0.05, 0.1) is 19.3 Å². The second kappa shape index (κ2) is 8.55. The third-order valence-corrected chi connectivity index (χ3v) is 7.06. The molecule has 0 radical (unpaired) electrons. The number of ether oxygens (including phenoxy) is 1. The SMILES string of the molecule is Cc1oc(-c2nc(C#N)c(N[C@@H](C)c3ccccc3)o2)cc1S(=O)(=O)N1CCOCC1. The van der Waals surface area contributed by atoms with E-state index in [-0.39, 0.29) is 53.0 Å². The molecule has 0 unspecified atom stereocenters. The molecule has 31 heavy (non-hydrogen) atoms. The van der Waals surface area contributed by atoms with Crippen molar-refractivity contribution in [1.29, 1.82) is 5.26 Å². The fourth-order valence-electron chi connectivity index (χ4n) is 3.37. The van der Waals surface area contributed by atoms with E-state index in [0.717, 1.165) is 5.56 Å². The standard InChI is InChI=1S/C21H22N4O5S/c1-14(16-6-4-3-5-7-16)23-20-17(13-22)24-21(30-20)18-12-19(15(2)29-18)31(26,27)25-8-10-28-11-9-25/h3-7,12,14,23H,8-11H2,1-2H3/t14-/m0/s1. The minimum atomic E-state index is -3.73. The van der Waals surface area contributed by atoms with Gasteiger partial charge in [0.15, 0.2) is 5.76 Å². The second-order valence-corrected chi connectivity index (χ2v) is 9.04. The van der Waals surface area contributed by atoms with Gasteiger partial charge in [-0.3, -0.25) is 0 Å². The summed E-state index contributed by atoms with van der Waals surface area (Å²) in [4.78, 5) is 4.23. The Balaban J connectivity index is 1.62. The monoisotopic (exact) mass is 442 g/mol. The number of nitrogens with zero attached hydrogens (tertiary/aromatic N) is 3. The number of aromatic nitrogens is 1. The molecule has 9 nitrogen and oxygen atoms in total. The Hall–Kier alpha value is -3.13. The van der Waals surface area contributed by atoms with Gasteiger partial charge in [-0.25, -0.2) is 8.42 Å². The van der Waals surface area contributed by atoms with Crippen LogP contribution in [0, 0.1) is 18.3 Å². The van der Waals surface area contributed by atoms with Gasteiger partial charge in [-0.15, -0.1) is 0 Å². The van der Waals surface area contributed by atoms with Gasteiger partial charge in [0.2, 0.25) is 21.6 Å². The van der Waals surface area contributed by atoms with E-state index in [1.54, 1.807) is 6.92 Å². The van der Waals surface area contributed by atoms with E-state index in [1.807, 2.05) is 43.3 Å². The number of morpholine rings is 1. The first kappa shape index (κ1) is 21.1. The van der Waals surface area contributed by atoms with Gasteiger partial charge in [0, 0.05) is 19.2 Å². The normalized spacial score (nSPS) is 16.0. The van der Waals surface area contributed by atoms with Crippen LogP contribution in [0.5, 0.6) is 0 Å². The number of sulfonamides is 1. The van der Waals surface area contributed by atoms with Gasteiger partial charge in [-0.05, 0) is 19.4 Å². The highest BCUT2D eigenvalue weighted by Crippen LogP contribution is 2.33. The van der Waals surface area contributed by atoms with E-state index in [9.17, 15) is 13.7 Å². The predicted molar refractivity (Wildman–Crippen MR) is 112 cm³/mol. The summed E-state index contributed by atoms with van der Waals surface area (Å²) in [6.45, 7) is 4.77. The molecule has 10 heteroatoms. The number of oxazole rings is 1. The average Bonchev–Trinajstić information content (AvgIpc) is 3.38. The Morgan fingerprint density at radius 1 is 1.19 bits per heavy atom. The van der Waals surface area contributed by atoms with Crippen LogP contribution < -0.4 is 5.32 Å². The zero-order chi connectivity index (χ0) is 22.0. The van der Waals surface area contributed by atoms with E-state index in [2.05, 4.69) is 10.3 Å². The number of hydrogen-bond acceptors (Lipinski definition) is 8. The average molecular weight is 442 g/mol. The molecule has 1 fully saturated rings. The van der Waals surface area contributed by atoms with Crippen LogP contribution >= 0.6 is 0 Å². The zero-order valence-electron chi connectivity index (χ0n) is 17.2. The van der Waals surface area contributed by atoms with Crippen LogP contribution in [0.15, 0.2) is 50.1 Å². The topological polar surface area (TPSA) is 122 Å². The summed E-state index contributed by atoms with van der Waals surface area (Å²) in [5.74, 6) is 0.595. The minimum Gasteiger partial charge on any atom is -0.455 e. The van der Waals surface area contributed by atoms with E-state index in [0.29, 0.717) is 13.2 Å². The molecule has 3 aromatic rings. The van der Waals surface area contributed by atoms with Crippen molar-refractivity contribution in [1.82, 2.24) is 9.29 Å². The lowest BCUT2D eigenvalue weighted by atomic mass is 10.1. The van der Waals surface area contributed by atoms with E-state index in [4.69, 9.17) is 13.6 Å². The van der Waals surface area contributed by atoms with Gasteiger partial charge in [0.1, 0.15) is 16.7 Å².